The Morgan fingerprint density at radius 2 is 1.93 bits per heavy atom. The number of halogens is 1. The lowest BCUT2D eigenvalue weighted by atomic mass is 9.85. The van der Waals surface area contributed by atoms with Crippen molar-refractivity contribution in [1.82, 2.24) is 19.7 Å². The Bertz CT molecular complexity index is 1090. The van der Waals surface area contributed by atoms with E-state index in [4.69, 9.17) is 10.1 Å². The number of nitrogens with one attached hydrogen (secondary N) is 1. The van der Waals surface area contributed by atoms with Gasteiger partial charge in [0, 0.05) is 40.3 Å². The Morgan fingerprint density at radius 3 is 2.72 bits per heavy atom. The van der Waals surface area contributed by atoms with Crippen molar-refractivity contribution in [3.8, 4) is 0 Å². The fraction of sp³-hybridized carbons (Fsp3) is 0.238. The second kappa shape index (κ2) is 7.76. The molecule has 1 aromatic carbocycles. The Labute approximate surface area is 181 Å². The van der Waals surface area contributed by atoms with Crippen LogP contribution in [0.5, 0.6) is 0 Å². The number of benzene rings is 1. The monoisotopic (exact) mass is 467 g/mol. The Kier molecular flexibility index (Phi) is 4.97. The number of carbonyl (C=O) groups is 1. The van der Waals surface area contributed by atoms with Gasteiger partial charge < -0.3 is 5.32 Å². The molecule has 0 amide bonds. The van der Waals surface area contributed by atoms with Crippen LogP contribution < -0.4 is 5.32 Å². The van der Waals surface area contributed by atoms with Gasteiger partial charge in [0.25, 0.3) is 0 Å². The molecule has 0 saturated carbocycles. The quantitative estimate of drug-likeness (QED) is 0.558. The normalized spacial score (nSPS) is 18.2. The van der Waals surface area contributed by atoms with Gasteiger partial charge >= 0.3 is 0 Å². The number of pyridine rings is 1. The second-order valence-electron chi connectivity index (χ2n) is 7.05. The van der Waals surface area contributed by atoms with Gasteiger partial charge in [-0.15, -0.1) is 5.10 Å². The van der Waals surface area contributed by atoms with E-state index in [-0.39, 0.29) is 11.8 Å². The van der Waals surface area contributed by atoms with Crippen molar-refractivity contribution in [2.45, 2.75) is 36.2 Å². The predicted octanol–water partition coefficient (Wildman–Crippen LogP) is 4.75. The van der Waals surface area contributed by atoms with Crippen LogP contribution in [0.2, 0.25) is 0 Å². The molecule has 1 aliphatic carbocycles. The van der Waals surface area contributed by atoms with Gasteiger partial charge in [0.1, 0.15) is 6.04 Å². The summed E-state index contributed by atoms with van der Waals surface area (Å²) in [6.45, 7) is 0. The molecule has 6 nitrogen and oxygen atoms in total. The van der Waals surface area contributed by atoms with Crippen LogP contribution in [-0.4, -0.2) is 25.5 Å². The molecule has 0 spiro atoms. The second-order valence-corrected chi connectivity index (χ2v) is 8.91. The molecule has 1 aliphatic heterocycles. The largest absolute Gasteiger partial charge is 0.328 e. The number of hydrogen-bond acceptors (Lipinski definition) is 6. The summed E-state index contributed by atoms with van der Waals surface area (Å²) in [5.41, 5.74) is 4.01. The molecule has 2 aromatic heterocycles. The van der Waals surface area contributed by atoms with E-state index in [1.807, 2.05) is 41.1 Å². The lowest BCUT2D eigenvalue weighted by Crippen LogP contribution is -2.31. The zero-order chi connectivity index (χ0) is 19.8. The number of rotatable bonds is 4. The molecule has 5 rings (SSSR count). The molecule has 0 radical (unpaired) electrons. The molecule has 1 N–H and O–H groups in total. The Morgan fingerprint density at radius 1 is 1.14 bits per heavy atom. The van der Waals surface area contributed by atoms with Crippen LogP contribution in [0, 0.1) is 0 Å². The zero-order valence-electron chi connectivity index (χ0n) is 15.5. The van der Waals surface area contributed by atoms with Gasteiger partial charge in [0.2, 0.25) is 11.1 Å². The highest BCUT2D eigenvalue weighted by molar-refractivity contribution is 9.10. The lowest BCUT2D eigenvalue weighted by molar-refractivity contribution is -0.116. The average Bonchev–Trinajstić information content (AvgIpc) is 3.15. The van der Waals surface area contributed by atoms with Crippen molar-refractivity contribution >= 4 is 39.4 Å². The van der Waals surface area contributed by atoms with Crippen molar-refractivity contribution in [3.05, 3.63) is 75.7 Å². The van der Waals surface area contributed by atoms with Crippen molar-refractivity contribution in [2.75, 3.05) is 5.32 Å². The van der Waals surface area contributed by atoms with E-state index >= 15 is 0 Å². The third kappa shape index (κ3) is 3.62. The minimum absolute atomic E-state index is 0.193. The van der Waals surface area contributed by atoms with E-state index in [0.717, 1.165) is 39.9 Å². The molecular formula is C21H18BrN5OS. The number of carbonyl (C=O) groups excluding carboxylic acids is 1. The van der Waals surface area contributed by atoms with Gasteiger partial charge in [-0.2, -0.15) is 4.98 Å². The molecule has 1 atom stereocenters. The van der Waals surface area contributed by atoms with Gasteiger partial charge in [0.15, 0.2) is 5.78 Å². The third-order valence-corrected chi connectivity index (χ3v) is 6.59. The topological polar surface area (TPSA) is 72.7 Å². The van der Waals surface area contributed by atoms with Crippen molar-refractivity contribution in [1.29, 1.82) is 0 Å². The van der Waals surface area contributed by atoms with Gasteiger partial charge in [0.05, 0.1) is 0 Å². The van der Waals surface area contributed by atoms with E-state index < -0.39 is 0 Å². The van der Waals surface area contributed by atoms with Crippen LogP contribution in [0.15, 0.2) is 69.7 Å². The molecule has 0 saturated heterocycles. The Balaban J connectivity index is 1.52. The maximum atomic E-state index is 12.8. The Hall–Kier alpha value is -2.45. The number of aromatic nitrogens is 4. The van der Waals surface area contributed by atoms with E-state index in [1.165, 1.54) is 5.56 Å². The molecule has 0 fully saturated rings. The van der Waals surface area contributed by atoms with Gasteiger partial charge in [-0.05, 0) is 48.2 Å². The predicted molar refractivity (Wildman–Crippen MR) is 116 cm³/mol. The van der Waals surface area contributed by atoms with E-state index in [9.17, 15) is 4.79 Å². The first-order valence-corrected chi connectivity index (χ1v) is 11.2. The van der Waals surface area contributed by atoms with Crippen LogP contribution in [0.4, 0.5) is 5.95 Å². The van der Waals surface area contributed by atoms with Gasteiger partial charge in [-0.3, -0.25) is 9.78 Å². The van der Waals surface area contributed by atoms with Gasteiger partial charge in [-0.1, -0.05) is 39.8 Å². The van der Waals surface area contributed by atoms with Crippen LogP contribution in [0.1, 0.15) is 36.4 Å². The highest BCUT2D eigenvalue weighted by Gasteiger charge is 2.36. The number of thioether (sulfide) groups is 1. The maximum Gasteiger partial charge on any atom is 0.227 e. The minimum atomic E-state index is -0.245. The molecule has 0 unspecified atom stereocenters. The summed E-state index contributed by atoms with van der Waals surface area (Å²) < 4.78 is 2.87. The van der Waals surface area contributed by atoms with Crippen LogP contribution in [0.3, 0.4) is 0 Å². The molecule has 8 heteroatoms. The first-order valence-electron chi connectivity index (χ1n) is 9.46. The highest BCUT2D eigenvalue weighted by Crippen LogP contribution is 2.40. The summed E-state index contributed by atoms with van der Waals surface area (Å²) >= 11 is 5.07. The summed E-state index contributed by atoms with van der Waals surface area (Å²) in [5.74, 6) is 1.66. The summed E-state index contributed by atoms with van der Waals surface area (Å²) in [7, 11) is 0. The molecule has 3 heterocycles. The number of nitrogens with zero attached hydrogens (tertiary/aromatic N) is 4. The number of allylic oxidation sites excluding steroid dienone is 2. The molecule has 0 bridgehead atoms. The highest BCUT2D eigenvalue weighted by atomic mass is 79.9. The van der Waals surface area contributed by atoms with Crippen LogP contribution >= 0.6 is 27.7 Å². The summed E-state index contributed by atoms with van der Waals surface area (Å²) in [6, 6.07) is 11.8. The number of ketones is 1. The fourth-order valence-electron chi connectivity index (χ4n) is 3.78. The first-order chi connectivity index (χ1) is 14.2. The van der Waals surface area contributed by atoms with Crippen molar-refractivity contribution in [3.63, 3.8) is 0 Å². The van der Waals surface area contributed by atoms with E-state index in [0.29, 0.717) is 17.5 Å². The molecule has 2 aliphatic rings. The fourth-order valence-corrected chi connectivity index (χ4v) is 4.83. The molecule has 29 heavy (non-hydrogen) atoms. The lowest BCUT2D eigenvalue weighted by Gasteiger charge is -2.32. The summed E-state index contributed by atoms with van der Waals surface area (Å²) in [5, 5.41) is 8.83. The molecule has 3 aromatic rings. The van der Waals surface area contributed by atoms with Crippen molar-refractivity contribution in [2.24, 2.45) is 0 Å². The maximum absolute atomic E-state index is 12.8. The van der Waals surface area contributed by atoms with Gasteiger partial charge in [-0.25, -0.2) is 4.68 Å². The zero-order valence-corrected chi connectivity index (χ0v) is 17.9. The van der Waals surface area contributed by atoms with Crippen LogP contribution in [0.25, 0.3) is 0 Å². The standard InChI is InChI=1S/C21H18BrN5OS/c22-15-6-4-14(5-7-15)19-18-16(2-1-3-17(18)28)24-20-25-21(26-27(19)20)29-12-13-8-10-23-11-9-13/h4-11,19H,1-3,12H2,(H,24,25,26)/t19-/m0/s1. The minimum Gasteiger partial charge on any atom is -0.328 e. The SMILES string of the molecule is O=C1CCCC2=C1[C@H](c1ccc(Br)cc1)n1nc(SCc3ccncc3)nc1N2. The number of hydrogen-bond donors (Lipinski definition) is 1. The smallest absolute Gasteiger partial charge is 0.227 e. The number of fused-ring (bicyclic) bond motifs is 1. The third-order valence-electron chi connectivity index (χ3n) is 5.15. The van der Waals surface area contributed by atoms with Crippen molar-refractivity contribution < 1.29 is 4.79 Å². The summed E-state index contributed by atoms with van der Waals surface area (Å²) in [6.07, 6.45) is 5.89. The average molecular weight is 468 g/mol. The first kappa shape index (κ1) is 18.6. The van der Waals surface area contributed by atoms with Crippen LogP contribution in [-0.2, 0) is 10.5 Å². The number of Topliss-reactive ketones (excluding diaryl/α,β-unsaturated/α-hetero) is 1. The summed E-state index contributed by atoms with van der Waals surface area (Å²) in [4.78, 5) is 21.6. The molecule has 146 valence electrons. The van der Waals surface area contributed by atoms with E-state index in [2.05, 4.69) is 26.2 Å². The molecular weight excluding hydrogens is 450 g/mol. The van der Waals surface area contributed by atoms with E-state index in [1.54, 1.807) is 24.2 Å². The number of anilines is 1.